The summed E-state index contributed by atoms with van der Waals surface area (Å²) >= 11 is 7.94. The van der Waals surface area contributed by atoms with Gasteiger partial charge in [-0.25, -0.2) is 4.98 Å². The van der Waals surface area contributed by atoms with E-state index in [1.165, 1.54) is 10.9 Å². The van der Waals surface area contributed by atoms with Crippen LogP contribution in [0.25, 0.3) is 10.9 Å². The van der Waals surface area contributed by atoms with Crippen LogP contribution in [0.3, 0.4) is 0 Å². The summed E-state index contributed by atoms with van der Waals surface area (Å²) in [6.45, 7) is -0.0467. The highest BCUT2D eigenvalue weighted by Gasteiger charge is 2.10. The van der Waals surface area contributed by atoms with Crippen LogP contribution in [0.15, 0.2) is 53.6 Å². The van der Waals surface area contributed by atoms with Crippen LogP contribution in [0.4, 0.5) is 0 Å². The molecule has 22 heavy (non-hydrogen) atoms. The average Bonchev–Trinajstić information content (AvgIpc) is 2.51. The van der Waals surface area contributed by atoms with Gasteiger partial charge in [-0.15, -0.1) is 0 Å². The number of ketones is 1. The Morgan fingerprint density at radius 2 is 1.91 bits per heavy atom. The van der Waals surface area contributed by atoms with E-state index in [4.69, 9.17) is 11.6 Å². The molecule has 0 fully saturated rings. The average molecular weight is 425 g/mol. The number of rotatable bonds is 3. The molecule has 0 saturated carbocycles. The normalized spacial score (nSPS) is 10.8. The summed E-state index contributed by atoms with van der Waals surface area (Å²) in [6, 6.07) is 12.0. The van der Waals surface area contributed by atoms with Gasteiger partial charge >= 0.3 is 0 Å². The molecule has 1 heterocycles. The van der Waals surface area contributed by atoms with Crippen molar-refractivity contribution in [2.45, 2.75) is 6.54 Å². The van der Waals surface area contributed by atoms with Crippen LogP contribution in [-0.2, 0) is 6.54 Å². The Balaban J connectivity index is 1.97. The number of Topliss-reactive ketones (excluding diaryl/α,β-unsaturated/α-hetero) is 1. The van der Waals surface area contributed by atoms with Gasteiger partial charge in [-0.05, 0) is 65.1 Å². The van der Waals surface area contributed by atoms with Crippen molar-refractivity contribution in [3.05, 3.63) is 73.3 Å². The lowest BCUT2D eigenvalue weighted by molar-refractivity contribution is 0.0970. The standard InChI is InChI=1S/C16H10ClIN2O2/c17-11-3-1-10(2-4-11)15(21)8-20-9-19-14-6-5-12(18)7-13(14)16(20)22/h1-7,9H,8H2. The molecule has 0 N–H and O–H groups in total. The highest BCUT2D eigenvalue weighted by molar-refractivity contribution is 14.1. The number of benzene rings is 2. The van der Waals surface area contributed by atoms with E-state index in [0.29, 0.717) is 21.5 Å². The van der Waals surface area contributed by atoms with Crippen molar-refractivity contribution < 1.29 is 4.79 Å². The SMILES string of the molecule is O=C(Cn1cnc2ccc(I)cc2c1=O)c1ccc(Cl)cc1. The predicted molar refractivity (Wildman–Crippen MR) is 94.5 cm³/mol. The molecule has 0 unspecified atom stereocenters. The smallest absolute Gasteiger partial charge is 0.261 e. The first-order valence-corrected chi connectivity index (χ1v) is 7.94. The van der Waals surface area contributed by atoms with Gasteiger partial charge in [0.2, 0.25) is 0 Å². The van der Waals surface area contributed by atoms with Gasteiger partial charge in [-0.1, -0.05) is 11.6 Å². The second-order valence-electron chi connectivity index (χ2n) is 4.77. The molecule has 1 aromatic heterocycles. The summed E-state index contributed by atoms with van der Waals surface area (Å²) in [4.78, 5) is 28.9. The minimum Gasteiger partial charge on any atom is -0.292 e. The lowest BCUT2D eigenvalue weighted by Crippen LogP contribution is -2.24. The van der Waals surface area contributed by atoms with Crippen LogP contribution in [0.1, 0.15) is 10.4 Å². The quantitative estimate of drug-likeness (QED) is 0.477. The molecule has 0 saturated heterocycles. The molecular weight excluding hydrogens is 415 g/mol. The Morgan fingerprint density at radius 3 is 2.64 bits per heavy atom. The van der Waals surface area contributed by atoms with E-state index in [-0.39, 0.29) is 17.9 Å². The highest BCUT2D eigenvalue weighted by Crippen LogP contribution is 2.13. The van der Waals surface area contributed by atoms with Crippen LogP contribution in [0.2, 0.25) is 5.02 Å². The van der Waals surface area contributed by atoms with Gasteiger partial charge in [0.1, 0.15) is 0 Å². The van der Waals surface area contributed by atoms with Crippen molar-refractivity contribution >= 4 is 50.9 Å². The zero-order valence-electron chi connectivity index (χ0n) is 11.3. The molecule has 0 atom stereocenters. The van der Waals surface area contributed by atoms with E-state index in [0.717, 1.165) is 3.57 Å². The van der Waals surface area contributed by atoms with Gasteiger partial charge in [0, 0.05) is 14.2 Å². The summed E-state index contributed by atoms with van der Waals surface area (Å²) < 4.78 is 2.28. The first-order valence-electron chi connectivity index (χ1n) is 6.48. The highest BCUT2D eigenvalue weighted by atomic mass is 127. The van der Waals surface area contributed by atoms with Crippen molar-refractivity contribution in [2.24, 2.45) is 0 Å². The molecule has 6 heteroatoms. The second-order valence-corrected chi connectivity index (χ2v) is 6.45. The van der Waals surface area contributed by atoms with Gasteiger partial charge in [-0.3, -0.25) is 14.2 Å². The van der Waals surface area contributed by atoms with E-state index >= 15 is 0 Å². The molecule has 0 aliphatic carbocycles. The molecule has 0 radical (unpaired) electrons. The Labute approximate surface area is 144 Å². The van der Waals surface area contributed by atoms with E-state index in [2.05, 4.69) is 27.6 Å². The number of carbonyl (C=O) groups excluding carboxylic acids is 1. The van der Waals surface area contributed by atoms with E-state index < -0.39 is 0 Å². The zero-order chi connectivity index (χ0) is 15.7. The lowest BCUT2D eigenvalue weighted by atomic mass is 10.1. The van der Waals surface area contributed by atoms with Gasteiger partial charge in [0.15, 0.2) is 5.78 Å². The summed E-state index contributed by atoms with van der Waals surface area (Å²) in [5.41, 5.74) is 0.922. The Bertz CT molecular complexity index is 920. The predicted octanol–water partition coefficient (Wildman–Crippen LogP) is 3.54. The van der Waals surface area contributed by atoms with Gasteiger partial charge in [0.05, 0.1) is 23.8 Å². The van der Waals surface area contributed by atoms with Gasteiger partial charge in [-0.2, -0.15) is 0 Å². The number of halogens is 2. The minimum absolute atomic E-state index is 0.0467. The maximum atomic E-state index is 12.4. The zero-order valence-corrected chi connectivity index (χ0v) is 14.2. The lowest BCUT2D eigenvalue weighted by Gasteiger charge is -2.06. The maximum absolute atomic E-state index is 12.4. The third-order valence-corrected chi connectivity index (χ3v) is 4.19. The number of fused-ring (bicyclic) bond motifs is 1. The van der Waals surface area contributed by atoms with Crippen molar-refractivity contribution in [3.63, 3.8) is 0 Å². The molecule has 3 aromatic rings. The van der Waals surface area contributed by atoms with Gasteiger partial charge in [0.25, 0.3) is 5.56 Å². The van der Waals surface area contributed by atoms with E-state index in [1.807, 2.05) is 6.07 Å². The van der Waals surface area contributed by atoms with Crippen LogP contribution in [0, 0.1) is 3.57 Å². The molecule has 0 aliphatic heterocycles. The third-order valence-electron chi connectivity index (χ3n) is 3.27. The molecule has 0 bridgehead atoms. The number of aromatic nitrogens is 2. The molecule has 110 valence electrons. The van der Waals surface area contributed by atoms with Crippen molar-refractivity contribution in [1.29, 1.82) is 0 Å². The largest absolute Gasteiger partial charge is 0.292 e. The molecular formula is C16H10ClIN2O2. The number of carbonyl (C=O) groups is 1. The van der Waals surface area contributed by atoms with Gasteiger partial charge < -0.3 is 0 Å². The molecule has 2 aromatic carbocycles. The Hall–Kier alpha value is -1.73. The molecule has 0 spiro atoms. The fourth-order valence-corrected chi connectivity index (χ4v) is 2.74. The van der Waals surface area contributed by atoms with E-state index in [1.54, 1.807) is 36.4 Å². The van der Waals surface area contributed by atoms with Crippen LogP contribution >= 0.6 is 34.2 Å². The monoisotopic (exact) mass is 424 g/mol. The minimum atomic E-state index is -0.217. The molecule has 4 nitrogen and oxygen atoms in total. The first-order chi connectivity index (χ1) is 10.5. The third kappa shape index (κ3) is 3.05. The Morgan fingerprint density at radius 1 is 1.18 bits per heavy atom. The fourth-order valence-electron chi connectivity index (χ4n) is 2.13. The van der Waals surface area contributed by atoms with Crippen molar-refractivity contribution in [2.75, 3.05) is 0 Å². The number of nitrogens with zero attached hydrogens (tertiary/aromatic N) is 2. The fraction of sp³-hybridized carbons (Fsp3) is 0.0625. The summed E-state index contributed by atoms with van der Waals surface area (Å²) in [6.07, 6.45) is 1.41. The summed E-state index contributed by atoms with van der Waals surface area (Å²) in [5, 5.41) is 1.08. The Kier molecular flexibility index (Phi) is 4.26. The van der Waals surface area contributed by atoms with Crippen LogP contribution in [0.5, 0.6) is 0 Å². The van der Waals surface area contributed by atoms with Crippen LogP contribution < -0.4 is 5.56 Å². The van der Waals surface area contributed by atoms with Crippen LogP contribution in [-0.4, -0.2) is 15.3 Å². The topological polar surface area (TPSA) is 52.0 Å². The maximum Gasteiger partial charge on any atom is 0.261 e. The summed E-state index contributed by atoms with van der Waals surface area (Å²) in [7, 11) is 0. The van der Waals surface area contributed by atoms with Crippen molar-refractivity contribution in [1.82, 2.24) is 9.55 Å². The first kappa shape index (κ1) is 15.2. The molecule has 0 amide bonds. The van der Waals surface area contributed by atoms with Crippen molar-refractivity contribution in [3.8, 4) is 0 Å². The summed E-state index contributed by atoms with van der Waals surface area (Å²) in [5.74, 6) is -0.162. The number of hydrogen-bond donors (Lipinski definition) is 0. The molecule has 3 rings (SSSR count). The second kappa shape index (κ2) is 6.18. The number of hydrogen-bond acceptors (Lipinski definition) is 3. The van der Waals surface area contributed by atoms with E-state index in [9.17, 15) is 9.59 Å². The molecule has 0 aliphatic rings.